The van der Waals surface area contributed by atoms with Crippen LogP contribution < -0.4 is 5.32 Å². The van der Waals surface area contributed by atoms with Gasteiger partial charge in [0, 0.05) is 13.1 Å². The number of carboxylic acids is 1. The van der Waals surface area contributed by atoms with Crippen LogP contribution in [0.25, 0.3) is 0 Å². The molecule has 1 aliphatic heterocycles. The number of carbonyl (C=O) groups is 2. The van der Waals surface area contributed by atoms with Gasteiger partial charge in [0.2, 0.25) is 15.9 Å². The van der Waals surface area contributed by atoms with Gasteiger partial charge in [0.15, 0.2) is 0 Å². The fraction of sp³-hybridized carbons (Fsp3) is 0.875. The molecule has 2 fully saturated rings. The highest BCUT2D eigenvalue weighted by atomic mass is 32.2. The van der Waals surface area contributed by atoms with E-state index >= 15 is 0 Å². The number of rotatable bonds is 6. The number of aliphatic carboxylic acids is 1. The predicted octanol–water partition coefficient (Wildman–Crippen LogP) is 1.34. The molecular formula is C16H28N2O5S. The van der Waals surface area contributed by atoms with Gasteiger partial charge in [0.05, 0.1) is 11.7 Å². The SMILES string of the molecule is CCCS(=O)(=O)N1CCC[C@@H](C(=O)NC2(C(=O)O)CCCCC2)C1. The van der Waals surface area contributed by atoms with E-state index in [9.17, 15) is 23.1 Å². The molecule has 0 aromatic heterocycles. The highest BCUT2D eigenvalue weighted by molar-refractivity contribution is 7.89. The third kappa shape index (κ3) is 4.27. The third-order valence-corrected chi connectivity index (χ3v) is 7.13. The van der Waals surface area contributed by atoms with Crippen LogP contribution in [0, 0.1) is 5.92 Å². The lowest BCUT2D eigenvalue weighted by molar-refractivity contribution is -0.150. The normalized spacial score (nSPS) is 25.1. The van der Waals surface area contributed by atoms with Crippen molar-refractivity contribution in [1.29, 1.82) is 0 Å². The molecule has 8 heteroatoms. The van der Waals surface area contributed by atoms with Crippen LogP contribution >= 0.6 is 0 Å². The number of carbonyl (C=O) groups excluding carboxylic acids is 1. The molecule has 1 aliphatic carbocycles. The highest BCUT2D eigenvalue weighted by Crippen LogP contribution is 2.30. The van der Waals surface area contributed by atoms with Crippen LogP contribution in [0.4, 0.5) is 0 Å². The zero-order valence-corrected chi connectivity index (χ0v) is 15.1. The summed E-state index contributed by atoms with van der Waals surface area (Å²) in [6.07, 6.45) is 5.20. The molecule has 0 aromatic carbocycles. The summed E-state index contributed by atoms with van der Waals surface area (Å²) in [4.78, 5) is 24.3. The van der Waals surface area contributed by atoms with Crippen LogP contribution in [0.1, 0.15) is 58.3 Å². The summed E-state index contributed by atoms with van der Waals surface area (Å²) in [6.45, 7) is 2.41. The maximum absolute atomic E-state index is 12.6. The molecule has 2 rings (SSSR count). The molecule has 0 radical (unpaired) electrons. The second-order valence-electron chi connectivity index (χ2n) is 6.95. The first-order chi connectivity index (χ1) is 11.3. The van der Waals surface area contributed by atoms with Crippen molar-refractivity contribution in [2.24, 2.45) is 5.92 Å². The minimum atomic E-state index is -3.33. The van der Waals surface area contributed by atoms with E-state index in [4.69, 9.17) is 0 Å². The Kier molecular flexibility index (Phi) is 6.25. The Morgan fingerprint density at radius 1 is 1.21 bits per heavy atom. The van der Waals surface area contributed by atoms with Crippen LogP contribution in [-0.2, 0) is 19.6 Å². The molecule has 1 saturated heterocycles. The second-order valence-corrected chi connectivity index (χ2v) is 9.04. The van der Waals surface area contributed by atoms with Crippen molar-refractivity contribution >= 4 is 21.9 Å². The van der Waals surface area contributed by atoms with Crippen molar-refractivity contribution < 1.29 is 23.1 Å². The van der Waals surface area contributed by atoms with Crippen molar-refractivity contribution in [2.45, 2.75) is 63.8 Å². The topological polar surface area (TPSA) is 104 Å². The summed E-state index contributed by atoms with van der Waals surface area (Å²) in [7, 11) is -3.33. The quantitative estimate of drug-likeness (QED) is 0.744. The Labute approximate surface area is 143 Å². The van der Waals surface area contributed by atoms with E-state index in [1.54, 1.807) is 0 Å². The fourth-order valence-corrected chi connectivity index (χ4v) is 5.27. The summed E-state index contributed by atoms with van der Waals surface area (Å²) in [5.41, 5.74) is -1.18. The van der Waals surface area contributed by atoms with Crippen molar-refractivity contribution in [3.63, 3.8) is 0 Å². The molecule has 0 bridgehead atoms. The summed E-state index contributed by atoms with van der Waals surface area (Å²) in [5.74, 6) is -1.69. The van der Waals surface area contributed by atoms with Crippen LogP contribution in [-0.4, -0.2) is 54.1 Å². The Balaban J connectivity index is 2.04. The first-order valence-corrected chi connectivity index (χ1v) is 10.4. The van der Waals surface area contributed by atoms with Gasteiger partial charge >= 0.3 is 5.97 Å². The zero-order chi connectivity index (χ0) is 17.8. The van der Waals surface area contributed by atoms with Gasteiger partial charge in [0.1, 0.15) is 5.54 Å². The Hall–Kier alpha value is -1.15. The van der Waals surface area contributed by atoms with Gasteiger partial charge < -0.3 is 10.4 Å². The number of hydrogen-bond donors (Lipinski definition) is 2. The van der Waals surface area contributed by atoms with E-state index in [1.807, 2.05) is 6.92 Å². The summed E-state index contributed by atoms with van der Waals surface area (Å²) in [6, 6.07) is 0. The number of carboxylic acid groups (broad SMARTS) is 1. The maximum Gasteiger partial charge on any atom is 0.329 e. The van der Waals surface area contributed by atoms with Gasteiger partial charge in [-0.3, -0.25) is 4.79 Å². The number of piperidine rings is 1. The Morgan fingerprint density at radius 2 is 1.88 bits per heavy atom. The van der Waals surface area contributed by atoms with Gasteiger partial charge in [-0.15, -0.1) is 0 Å². The molecule has 24 heavy (non-hydrogen) atoms. The second kappa shape index (κ2) is 7.82. The average molecular weight is 360 g/mol. The average Bonchev–Trinajstić information content (AvgIpc) is 2.55. The first kappa shape index (κ1) is 19.2. The lowest BCUT2D eigenvalue weighted by Crippen LogP contribution is -2.58. The number of hydrogen-bond acceptors (Lipinski definition) is 4. The monoisotopic (exact) mass is 360 g/mol. The van der Waals surface area contributed by atoms with Gasteiger partial charge in [-0.2, -0.15) is 0 Å². The summed E-state index contributed by atoms with van der Waals surface area (Å²) >= 11 is 0. The smallest absolute Gasteiger partial charge is 0.329 e. The number of sulfonamides is 1. The van der Waals surface area contributed by atoms with E-state index in [1.165, 1.54) is 4.31 Å². The molecule has 2 N–H and O–H groups in total. The molecule has 1 heterocycles. The number of nitrogens with one attached hydrogen (secondary N) is 1. The van der Waals surface area contributed by atoms with E-state index in [2.05, 4.69) is 5.32 Å². The number of nitrogens with zero attached hydrogens (tertiary/aromatic N) is 1. The van der Waals surface area contributed by atoms with Crippen molar-refractivity contribution in [1.82, 2.24) is 9.62 Å². The van der Waals surface area contributed by atoms with Crippen molar-refractivity contribution in [3.8, 4) is 0 Å². The largest absolute Gasteiger partial charge is 0.480 e. The van der Waals surface area contributed by atoms with Gasteiger partial charge in [-0.25, -0.2) is 17.5 Å². The summed E-state index contributed by atoms with van der Waals surface area (Å²) in [5, 5.41) is 12.3. The zero-order valence-electron chi connectivity index (χ0n) is 14.3. The molecule has 0 unspecified atom stereocenters. The molecule has 0 spiro atoms. The van der Waals surface area contributed by atoms with E-state index in [0.717, 1.165) is 19.3 Å². The maximum atomic E-state index is 12.6. The molecular weight excluding hydrogens is 332 g/mol. The minimum absolute atomic E-state index is 0.0837. The fourth-order valence-electron chi connectivity index (χ4n) is 3.68. The number of amides is 1. The van der Waals surface area contributed by atoms with Crippen LogP contribution in [0.5, 0.6) is 0 Å². The first-order valence-electron chi connectivity index (χ1n) is 8.84. The van der Waals surface area contributed by atoms with E-state index in [0.29, 0.717) is 38.6 Å². The molecule has 1 saturated carbocycles. The predicted molar refractivity (Wildman–Crippen MR) is 90.0 cm³/mol. The Bertz CT molecular complexity index is 569. The lowest BCUT2D eigenvalue weighted by Gasteiger charge is -2.37. The molecule has 1 amide bonds. The molecule has 0 aromatic rings. The van der Waals surface area contributed by atoms with Gasteiger partial charge in [-0.05, 0) is 32.1 Å². The lowest BCUT2D eigenvalue weighted by atomic mass is 9.81. The molecule has 7 nitrogen and oxygen atoms in total. The van der Waals surface area contributed by atoms with Crippen LogP contribution in [0.2, 0.25) is 0 Å². The van der Waals surface area contributed by atoms with Crippen molar-refractivity contribution in [3.05, 3.63) is 0 Å². The van der Waals surface area contributed by atoms with Crippen LogP contribution in [0.15, 0.2) is 0 Å². The molecule has 2 aliphatic rings. The summed E-state index contributed by atoms with van der Waals surface area (Å²) < 4.78 is 25.8. The van der Waals surface area contributed by atoms with Gasteiger partial charge in [-0.1, -0.05) is 26.2 Å². The molecule has 138 valence electrons. The van der Waals surface area contributed by atoms with Crippen molar-refractivity contribution in [2.75, 3.05) is 18.8 Å². The Morgan fingerprint density at radius 3 is 2.46 bits per heavy atom. The van der Waals surface area contributed by atoms with E-state index in [-0.39, 0.29) is 18.2 Å². The van der Waals surface area contributed by atoms with Gasteiger partial charge in [0.25, 0.3) is 0 Å². The highest BCUT2D eigenvalue weighted by Gasteiger charge is 2.43. The minimum Gasteiger partial charge on any atom is -0.480 e. The van der Waals surface area contributed by atoms with E-state index < -0.39 is 27.4 Å². The third-order valence-electron chi connectivity index (χ3n) is 5.09. The molecule has 1 atom stereocenters. The van der Waals surface area contributed by atoms with Crippen LogP contribution in [0.3, 0.4) is 0 Å². The standard InChI is InChI=1S/C16H28N2O5S/c1-2-11-24(22,23)18-10-6-7-13(12-18)14(19)17-16(15(20)21)8-4-3-5-9-16/h13H,2-12H2,1H3,(H,17,19)(H,20,21)/t13-/m1/s1.